The minimum absolute atomic E-state index is 0.165. The summed E-state index contributed by atoms with van der Waals surface area (Å²) in [6, 6.07) is 9.22. The number of halogens is 1. The molecule has 2 rings (SSSR count). The summed E-state index contributed by atoms with van der Waals surface area (Å²) in [4.78, 5) is 12.0. The zero-order chi connectivity index (χ0) is 14.0. The highest BCUT2D eigenvalue weighted by molar-refractivity contribution is 6.31. The average molecular weight is 278 g/mol. The molecule has 98 valence electrons. The minimum atomic E-state index is -0.596. The SMILES string of the molecule is Cc1c(Cl)cccc1NC(=O)c1c(O)cccc1O. The van der Waals surface area contributed by atoms with Crippen LogP contribution in [-0.2, 0) is 0 Å². The number of benzene rings is 2. The Kier molecular flexibility index (Phi) is 3.62. The van der Waals surface area contributed by atoms with E-state index in [1.807, 2.05) is 0 Å². The van der Waals surface area contributed by atoms with Crippen molar-refractivity contribution >= 4 is 23.2 Å². The van der Waals surface area contributed by atoms with E-state index in [1.54, 1.807) is 25.1 Å². The molecule has 0 aliphatic carbocycles. The maximum Gasteiger partial charge on any atom is 0.263 e. The molecule has 2 aromatic rings. The van der Waals surface area contributed by atoms with Gasteiger partial charge >= 0.3 is 0 Å². The molecule has 0 aliphatic rings. The molecule has 19 heavy (non-hydrogen) atoms. The van der Waals surface area contributed by atoms with Crippen LogP contribution in [0.15, 0.2) is 36.4 Å². The summed E-state index contributed by atoms with van der Waals surface area (Å²) in [7, 11) is 0. The van der Waals surface area contributed by atoms with Crippen molar-refractivity contribution in [2.24, 2.45) is 0 Å². The van der Waals surface area contributed by atoms with E-state index in [2.05, 4.69) is 5.32 Å². The van der Waals surface area contributed by atoms with Crippen molar-refractivity contribution in [2.45, 2.75) is 6.92 Å². The zero-order valence-corrected chi connectivity index (χ0v) is 10.9. The van der Waals surface area contributed by atoms with Gasteiger partial charge in [-0.05, 0) is 36.8 Å². The number of hydrogen-bond acceptors (Lipinski definition) is 3. The number of hydrogen-bond donors (Lipinski definition) is 3. The lowest BCUT2D eigenvalue weighted by Crippen LogP contribution is -2.13. The summed E-state index contributed by atoms with van der Waals surface area (Å²) < 4.78 is 0. The molecule has 0 bridgehead atoms. The Hall–Kier alpha value is -2.20. The Morgan fingerprint density at radius 1 is 1.11 bits per heavy atom. The highest BCUT2D eigenvalue weighted by atomic mass is 35.5. The maximum absolute atomic E-state index is 12.0. The monoisotopic (exact) mass is 277 g/mol. The molecule has 0 fully saturated rings. The third kappa shape index (κ3) is 2.63. The van der Waals surface area contributed by atoms with Gasteiger partial charge < -0.3 is 15.5 Å². The van der Waals surface area contributed by atoms with Gasteiger partial charge in [-0.3, -0.25) is 4.79 Å². The number of phenols is 2. The van der Waals surface area contributed by atoms with Crippen LogP contribution < -0.4 is 5.32 Å². The highest BCUT2D eigenvalue weighted by Crippen LogP contribution is 2.29. The van der Waals surface area contributed by atoms with Crippen LogP contribution in [0.25, 0.3) is 0 Å². The Morgan fingerprint density at radius 2 is 1.68 bits per heavy atom. The predicted octanol–water partition coefficient (Wildman–Crippen LogP) is 3.31. The van der Waals surface area contributed by atoms with Crippen LogP contribution in [0.5, 0.6) is 11.5 Å². The van der Waals surface area contributed by atoms with Gasteiger partial charge in [-0.2, -0.15) is 0 Å². The van der Waals surface area contributed by atoms with Gasteiger partial charge in [0, 0.05) is 10.7 Å². The van der Waals surface area contributed by atoms with E-state index in [-0.39, 0.29) is 17.1 Å². The maximum atomic E-state index is 12.0. The molecule has 0 saturated carbocycles. The Morgan fingerprint density at radius 3 is 2.32 bits per heavy atom. The molecular formula is C14H12ClNO3. The fraction of sp³-hybridized carbons (Fsp3) is 0.0714. The van der Waals surface area contributed by atoms with Crippen molar-refractivity contribution in [1.29, 1.82) is 0 Å². The van der Waals surface area contributed by atoms with E-state index in [9.17, 15) is 15.0 Å². The molecular weight excluding hydrogens is 266 g/mol. The van der Waals surface area contributed by atoms with E-state index < -0.39 is 5.91 Å². The van der Waals surface area contributed by atoms with Crippen LogP contribution in [0, 0.1) is 6.92 Å². The lowest BCUT2D eigenvalue weighted by Gasteiger charge is -2.11. The molecule has 0 spiro atoms. The average Bonchev–Trinajstić information content (AvgIpc) is 2.35. The molecule has 0 saturated heterocycles. The standard InChI is InChI=1S/C14H12ClNO3/c1-8-9(15)4-2-5-10(8)16-14(19)13-11(17)6-3-7-12(13)18/h2-7,17-18H,1H3,(H,16,19). The van der Waals surface area contributed by atoms with Gasteiger partial charge in [0.15, 0.2) is 0 Å². The van der Waals surface area contributed by atoms with Crippen LogP contribution >= 0.6 is 11.6 Å². The number of carbonyl (C=O) groups excluding carboxylic acids is 1. The first kappa shape index (κ1) is 13.2. The summed E-state index contributed by atoms with van der Waals surface area (Å²) in [5.74, 6) is -1.16. The second-order valence-electron chi connectivity index (χ2n) is 4.04. The van der Waals surface area contributed by atoms with Crippen LogP contribution in [0.4, 0.5) is 5.69 Å². The van der Waals surface area contributed by atoms with Crippen LogP contribution in [0.1, 0.15) is 15.9 Å². The van der Waals surface area contributed by atoms with Gasteiger partial charge in [-0.1, -0.05) is 23.7 Å². The number of amides is 1. The number of rotatable bonds is 2. The van der Waals surface area contributed by atoms with Gasteiger partial charge in [0.25, 0.3) is 5.91 Å². The number of phenolic OH excluding ortho intramolecular Hbond substituents is 2. The van der Waals surface area contributed by atoms with Gasteiger partial charge in [-0.25, -0.2) is 0 Å². The van der Waals surface area contributed by atoms with E-state index in [1.165, 1.54) is 18.2 Å². The third-order valence-corrected chi connectivity index (χ3v) is 3.17. The summed E-state index contributed by atoms with van der Waals surface area (Å²) in [5, 5.41) is 22.4. The molecule has 0 unspecified atom stereocenters. The van der Waals surface area contributed by atoms with Gasteiger partial charge in [0.05, 0.1) is 0 Å². The number of anilines is 1. The van der Waals surface area contributed by atoms with Crippen molar-refractivity contribution in [3.63, 3.8) is 0 Å². The van der Waals surface area contributed by atoms with Crippen molar-refractivity contribution in [2.75, 3.05) is 5.32 Å². The van der Waals surface area contributed by atoms with Gasteiger partial charge in [0.2, 0.25) is 0 Å². The molecule has 4 nitrogen and oxygen atoms in total. The summed E-state index contributed by atoms with van der Waals surface area (Å²) in [6.07, 6.45) is 0. The van der Waals surface area contributed by atoms with Crippen LogP contribution in [0.2, 0.25) is 5.02 Å². The van der Waals surface area contributed by atoms with E-state index in [0.717, 1.165) is 0 Å². The molecule has 2 aromatic carbocycles. The largest absolute Gasteiger partial charge is 0.507 e. The van der Waals surface area contributed by atoms with Crippen molar-refractivity contribution in [3.05, 3.63) is 52.5 Å². The molecule has 0 heterocycles. The zero-order valence-electron chi connectivity index (χ0n) is 10.1. The van der Waals surface area contributed by atoms with E-state index in [4.69, 9.17) is 11.6 Å². The van der Waals surface area contributed by atoms with E-state index in [0.29, 0.717) is 16.3 Å². The minimum Gasteiger partial charge on any atom is -0.507 e. The van der Waals surface area contributed by atoms with Crippen molar-refractivity contribution < 1.29 is 15.0 Å². The fourth-order valence-electron chi connectivity index (χ4n) is 1.69. The molecule has 3 N–H and O–H groups in total. The smallest absolute Gasteiger partial charge is 0.263 e. The Bertz CT molecular complexity index is 620. The lowest BCUT2D eigenvalue weighted by molar-refractivity contribution is 0.102. The molecule has 0 atom stereocenters. The molecule has 5 heteroatoms. The Balaban J connectivity index is 2.34. The van der Waals surface area contributed by atoms with Crippen molar-refractivity contribution in [1.82, 2.24) is 0 Å². The summed E-state index contributed by atoms with van der Waals surface area (Å²) in [6.45, 7) is 1.77. The first-order valence-corrected chi connectivity index (χ1v) is 5.96. The summed E-state index contributed by atoms with van der Waals surface area (Å²) >= 11 is 5.96. The molecule has 0 aliphatic heterocycles. The number of nitrogens with one attached hydrogen (secondary N) is 1. The fourth-order valence-corrected chi connectivity index (χ4v) is 1.86. The Labute approximate surface area is 115 Å². The molecule has 0 aromatic heterocycles. The topological polar surface area (TPSA) is 69.6 Å². The summed E-state index contributed by atoms with van der Waals surface area (Å²) in [5.41, 5.74) is 1.08. The lowest BCUT2D eigenvalue weighted by atomic mass is 10.1. The second-order valence-corrected chi connectivity index (χ2v) is 4.44. The number of carbonyl (C=O) groups is 1. The highest BCUT2D eigenvalue weighted by Gasteiger charge is 2.17. The van der Waals surface area contributed by atoms with E-state index >= 15 is 0 Å². The third-order valence-electron chi connectivity index (χ3n) is 2.76. The first-order chi connectivity index (χ1) is 9.00. The quantitative estimate of drug-likeness (QED) is 0.789. The predicted molar refractivity (Wildman–Crippen MR) is 73.9 cm³/mol. The first-order valence-electron chi connectivity index (χ1n) is 5.58. The second kappa shape index (κ2) is 5.20. The molecule has 1 amide bonds. The van der Waals surface area contributed by atoms with Crippen LogP contribution in [0.3, 0.4) is 0 Å². The van der Waals surface area contributed by atoms with Crippen LogP contribution in [-0.4, -0.2) is 16.1 Å². The number of aromatic hydroxyl groups is 2. The molecule has 0 radical (unpaired) electrons. The normalized spacial score (nSPS) is 10.2. The van der Waals surface area contributed by atoms with Gasteiger partial charge in [-0.15, -0.1) is 0 Å². The van der Waals surface area contributed by atoms with Crippen molar-refractivity contribution in [3.8, 4) is 11.5 Å². The van der Waals surface area contributed by atoms with Gasteiger partial charge in [0.1, 0.15) is 17.1 Å².